The van der Waals surface area contributed by atoms with Gasteiger partial charge in [-0.3, -0.25) is 4.79 Å². The molecule has 0 bridgehead atoms. The number of carbonyl (C=O) groups excluding carboxylic acids is 1. The highest BCUT2D eigenvalue weighted by Crippen LogP contribution is 2.48. The first kappa shape index (κ1) is 14.4. The van der Waals surface area contributed by atoms with E-state index in [2.05, 4.69) is 12.2 Å². The van der Waals surface area contributed by atoms with Gasteiger partial charge in [-0.1, -0.05) is 38.3 Å². The summed E-state index contributed by atoms with van der Waals surface area (Å²) in [5.74, 6) is 0.207. The lowest BCUT2D eigenvalue weighted by Crippen LogP contribution is -2.41. The number of anilines is 1. The van der Waals surface area contributed by atoms with Crippen molar-refractivity contribution in [3.05, 3.63) is 29.8 Å². The van der Waals surface area contributed by atoms with Crippen LogP contribution in [0.2, 0.25) is 0 Å². The van der Waals surface area contributed by atoms with Crippen LogP contribution in [0.5, 0.6) is 0 Å². The van der Waals surface area contributed by atoms with Crippen molar-refractivity contribution in [3.8, 4) is 0 Å². The molecule has 0 radical (unpaired) electrons. The summed E-state index contributed by atoms with van der Waals surface area (Å²) in [4.78, 5) is 12.7. The van der Waals surface area contributed by atoms with Gasteiger partial charge in [0.25, 0.3) is 0 Å². The van der Waals surface area contributed by atoms with Crippen LogP contribution in [-0.2, 0) is 10.2 Å². The van der Waals surface area contributed by atoms with Crippen molar-refractivity contribution in [2.24, 2.45) is 5.41 Å². The van der Waals surface area contributed by atoms with E-state index in [-0.39, 0.29) is 11.3 Å². The first-order valence-corrected chi connectivity index (χ1v) is 8.19. The Morgan fingerprint density at radius 3 is 2.29 bits per heavy atom. The second-order valence-electron chi connectivity index (χ2n) is 7.26. The third-order valence-corrected chi connectivity index (χ3v) is 5.38. The Labute approximate surface area is 127 Å². The van der Waals surface area contributed by atoms with Crippen LogP contribution in [0.25, 0.3) is 0 Å². The quantitative estimate of drug-likeness (QED) is 0.834. The van der Waals surface area contributed by atoms with Crippen LogP contribution >= 0.6 is 0 Å². The highest BCUT2D eigenvalue weighted by molar-refractivity contribution is 5.91. The number of hydrogen-bond donors (Lipinski definition) is 2. The lowest BCUT2D eigenvalue weighted by Gasteiger charge is -2.34. The molecule has 3 heteroatoms. The predicted molar refractivity (Wildman–Crippen MR) is 86.0 cm³/mol. The monoisotopic (exact) mass is 286 g/mol. The van der Waals surface area contributed by atoms with E-state index in [9.17, 15) is 4.79 Å². The maximum Gasteiger partial charge on any atom is 0.230 e. The summed E-state index contributed by atoms with van der Waals surface area (Å²) in [5.41, 5.74) is 7.63. The largest absolute Gasteiger partial charge is 0.399 e. The molecule has 2 saturated carbocycles. The second kappa shape index (κ2) is 5.36. The predicted octanol–water partition coefficient (Wildman–Crippen LogP) is 3.39. The van der Waals surface area contributed by atoms with Gasteiger partial charge in [0.05, 0.1) is 5.41 Å². The van der Waals surface area contributed by atoms with Crippen molar-refractivity contribution in [1.82, 2.24) is 5.32 Å². The summed E-state index contributed by atoms with van der Waals surface area (Å²) in [7, 11) is 0. The van der Waals surface area contributed by atoms with Gasteiger partial charge in [0.2, 0.25) is 5.91 Å². The van der Waals surface area contributed by atoms with Crippen molar-refractivity contribution in [2.75, 3.05) is 12.3 Å². The Bertz CT molecular complexity index is 511. The molecule has 114 valence electrons. The molecule has 0 aliphatic heterocycles. The van der Waals surface area contributed by atoms with E-state index >= 15 is 0 Å². The Kier molecular flexibility index (Phi) is 3.68. The van der Waals surface area contributed by atoms with Gasteiger partial charge in [0, 0.05) is 12.2 Å². The molecule has 0 heterocycles. The van der Waals surface area contributed by atoms with E-state index < -0.39 is 0 Å². The van der Waals surface area contributed by atoms with Gasteiger partial charge in [-0.2, -0.15) is 0 Å². The fraction of sp³-hybridized carbons (Fsp3) is 0.611. The highest BCUT2D eigenvalue weighted by atomic mass is 16.2. The Balaban J connectivity index is 1.63. The Hall–Kier alpha value is -1.51. The number of rotatable bonds is 4. The maximum absolute atomic E-state index is 12.7. The summed E-state index contributed by atoms with van der Waals surface area (Å²) in [5, 5.41) is 3.24. The number of nitrogens with one attached hydrogen (secondary N) is 1. The molecule has 0 unspecified atom stereocenters. The highest BCUT2D eigenvalue weighted by Gasteiger charge is 2.51. The number of nitrogen functional groups attached to an aromatic ring is 1. The summed E-state index contributed by atoms with van der Waals surface area (Å²) in [6, 6.07) is 7.80. The standard InChI is InChI=1S/C18H26N2O/c1-17(9-3-2-4-10-17)13-20-16(21)18(11-12-18)14-5-7-15(19)8-6-14/h5-8H,2-4,9-13,19H2,1H3,(H,20,21). The summed E-state index contributed by atoms with van der Waals surface area (Å²) >= 11 is 0. The van der Waals surface area contributed by atoms with Crippen molar-refractivity contribution < 1.29 is 4.79 Å². The van der Waals surface area contributed by atoms with Crippen molar-refractivity contribution in [3.63, 3.8) is 0 Å². The van der Waals surface area contributed by atoms with Gasteiger partial charge in [-0.15, -0.1) is 0 Å². The van der Waals surface area contributed by atoms with Crippen LogP contribution in [0.4, 0.5) is 5.69 Å². The van der Waals surface area contributed by atoms with E-state index in [0.29, 0.717) is 5.41 Å². The van der Waals surface area contributed by atoms with E-state index in [0.717, 1.165) is 30.6 Å². The topological polar surface area (TPSA) is 55.1 Å². The van der Waals surface area contributed by atoms with Crippen molar-refractivity contribution in [2.45, 2.75) is 57.3 Å². The van der Waals surface area contributed by atoms with Crippen LogP contribution in [0.1, 0.15) is 57.4 Å². The molecule has 0 saturated heterocycles. The molecule has 0 spiro atoms. The number of nitrogens with two attached hydrogens (primary N) is 1. The van der Waals surface area contributed by atoms with Gasteiger partial charge in [0.1, 0.15) is 0 Å². The molecule has 3 nitrogen and oxygen atoms in total. The molecule has 2 fully saturated rings. The van der Waals surface area contributed by atoms with Gasteiger partial charge in [0.15, 0.2) is 0 Å². The molecule has 0 aromatic heterocycles. The van der Waals surface area contributed by atoms with Crippen LogP contribution in [0.3, 0.4) is 0 Å². The zero-order chi connectivity index (χ0) is 14.9. The average Bonchev–Trinajstić information content (AvgIpc) is 3.28. The summed E-state index contributed by atoms with van der Waals surface area (Å²) in [6.07, 6.45) is 8.34. The molecule has 3 N–H and O–H groups in total. The van der Waals surface area contributed by atoms with Gasteiger partial charge in [-0.05, 0) is 48.8 Å². The van der Waals surface area contributed by atoms with Gasteiger partial charge < -0.3 is 11.1 Å². The fourth-order valence-corrected chi connectivity index (χ4v) is 3.62. The minimum absolute atomic E-state index is 0.207. The normalized spacial score (nSPS) is 22.5. The Morgan fingerprint density at radius 1 is 1.10 bits per heavy atom. The summed E-state index contributed by atoms with van der Waals surface area (Å²) in [6.45, 7) is 3.14. The smallest absolute Gasteiger partial charge is 0.230 e. The Morgan fingerprint density at radius 2 is 1.71 bits per heavy atom. The molecular formula is C18H26N2O. The van der Waals surface area contributed by atoms with E-state index in [4.69, 9.17) is 5.73 Å². The van der Waals surface area contributed by atoms with Crippen molar-refractivity contribution in [1.29, 1.82) is 0 Å². The first-order valence-electron chi connectivity index (χ1n) is 8.19. The molecule has 1 aromatic rings. The van der Waals surface area contributed by atoms with E-state index in [1.165, 1.54) is 32.1 Å². The van der Waals surface area contributed by atoms with E-state index in [1.54, 1.807) is 0 Å². The SMILES string of the molecule is CC1(CNC(=O)C2(c3ccc(N)cc3)CC2)CCCCC1. The zero-order valence-corrected chi connectivity index (χ0v) is 13.0. The molecular weight excluding hydrogens is 260 g/mol. The minimum Gasteiger partial charge on any atom is -0.399 e. The van der Waals surface area contributed by atoms with Crippen molar-refractivity contribution >= 4 is 11.6 Å². The van der Waals surface area contributed by atoms with Crippen LogP contribution in [0.15, 0.2) is 24.3 Å². The van der Waals surface area contributed by atoms with Crippen LogP contribution < -0.4 is 11.1 Å². The second-order valence-corrected chi connectivity index (χ2v) is 7.26. The van der Waals surface area contributed by atoms with Crippen LogP contribution in [0, 0.1) is 5.41 Å². The lowest BCUT2D eigenvalue weighted by molar-refractivity contribution is -0.124. The zero-order valence-electron chi connectivity index (χ0n) is 13.0. The first-order chi connectivity index (χ1) is 10.0. The third kappa shape index (κ3) is 2.92. The number of benzene rings is 1. The minimum atomic E-state index is -0.279. The molecule has 2 aliphatic carbocycles. The molecule has 1 aromatic carbocycles. The molecule has 0 atom stereocenters. The molecule has 2 aliphatic rings. The van der Waals surface area contributed by atoms with Gasteiger partial charge >= 0.3 is 0 Å². The summed E-state index contributed by atoms with van der Waals surface area (Å²) < 4.78 is 0. The average molecular weight is 286 g/mol. The third-order valence-electron chi connectivity index (χ3n) is 5.38. The lowest BCUT2D eigenvalue weighted by atomic mass is 9.75. The van der Waals surface area contributed by atoms with E-state index in [1.807, 2.05) is 24.3 Å². The fourth-order valence-electron chi connectivity index (χ4n) is 3.62. The molecule has 3 rings (SSSR count). The maximum atomic E-state index is 12.7. The van der Waals surface area contributed by atoms with Gasteiger partial charge in [-0.25, -0.2) is 0 Å². The number of hydrogen-bond acceptors (Lipinski definition) is 2. The molecule has 21 heavy (non-hydrogen) atoms. The number of carbonyl (C=O) groups is 1. The number of amides is 1. The van der Waals surface area contributed by atoms with Crippen LogP contribution in [-0.4, -0.2) is 12.5 Å². The molecule has 1 amide bonds.